The number of benzene rings is 3. The molecule has 0 bridgehead atoms. The highest BCUT2D eigenvalue weighted by molar-refractivity contribution is 7.85. The van der Waals surface area contributed by atoms with E-state index in [2.05, 4.69) is 58.4 Å². The van der Waals surface area contributed by atoms with Crippen molar-refractivity contribution in [2.45, 2.75) is 37.5 Å². The molecule has 0 fully saturated rings. The van der Waals surface area contributed by atoms with Gasteiger partial charge in [0.15, 0.2) is 0 Å². The van der Waals surface area contributed by atoms with Crippen molar-refractivity contribution in [3.05, 3.63) is 108 Å². The molecule has 7 nitrogen and oxygen atoms in total. The summed E-state index contributed by atoms with van der Waals surface area (Å²) >= 11 is 0. The Morgan fingerprint density at radius 3 is 2.17 bits per heavy atom. The molecule has 35 heavy (non-hydrogen) atoms. The minimum absolute atomic E-state index is 0.105. The number of nitrogens with zero attached hydrogens (tertiary/aromatic N) is 3. The molecule has 1 atom stereocenters. The number of aromatic nitrogens is 2. The Kier molecular flexibility index (Phi) is 6.42. The van der Waals surface area contributed by atoms with E-state index in [0.29, 0.717) is 12.4 Å². The minimum atomic E-state index is -4.40. The van der Waals surface area contributed by atoms with E-state index in [9.17, 15) is 13.0 Å². The zero-order valence-electron chi connectivity index (χ0n) is 19.4. The van der Waals surface area contributed by atoms with E-state index in [4.69, 9.17) is 4.74 Å². The molecule has 8 heteroatoms. The molecule has 0 unspecified atom stereocenters. The molecule has 2 heterocycles. The van der Waals surface area contributed by atoms with Crippen LogP contribution in [-0.2, 0) is 29.6 Å². The number of aryl methyl sites for hydroxylation is 1. The van der Waals surface area contributed by atoms with Gasteiger partial charge in [0.05, 0.1) is 11.9 Å². The van der Waals surface area contributed by atoms with Crippen LogP contribution in [-0.4, -0.2) is 40.1 Å². The van der Waals surface area contributed by atoms with Crippen LogP contribution in [0.5, 0.6) is 5.75 Å². The van der Waals surface area contributed by atoms with Gasteiger partial charge in [-0.25, -0.2) is 4.98 Å². The highest BCUT2D eigenvalue weighted by Gasteiger charge is 2.29. The lowest BCUT2D eigenvalue weighted by molar-refractivity contribution is 0.106. The van der Waals surface area contributed by atoms with E-state index >= 15 is 0 Å². The molecule has 1 aromatic heterocycles. The summed E-state index contributed by atoms with van der Waals surface area (Å²) in [5.74, 6) is 1.25. The zero-order valence-corrected chi connectivity index (χ0v) is 20.2. The van der Waals surface area contributed by atoms with Crippen molar-refractivity contribution in [1.82, 2.24) is 14.5 Å². The van der Waals surface area contributed by atoms with Crippen LogP contribution in [0.25, 0.3) is 5.69 Å². The Hall–Kier alpha value is -3.46. The summed E-state index contributed by atoms with van der Waals surface area (Å²) in [4.78, 5) is 6.47. The minimum Gasteiger partial charge on any atom is -0.492 e. The lowest BCUT2D eigenvalue weighted by Crippen LogP contribution is -2.42. The Balaban J connectivity index is 1.49. The number of fused-ring (bicyclic) bond motifs is 1. The van der Waals surface area contributed by atoms with E-state index < -0.39 is 10.1 Å². The highest BCUT2D eigenvalue weighted by Crippen LogP contribution is 2.33. The van der Waals surface area contributed by atoms with Gasteiger partial charge in [0, 0.05) is 24.7 Å². The first kappa shape index (κ1) is 23.3. The average molecular weight is 490 g/mol. The fourth-order valence-electron chi connectivity index (χ4n) is 4.60. The average Bonchev–Trinajstić information content (AvgIpc) is 3.26. The number of ether oxygens (including phenoxy) is 1. The first-order valence-corrected chi connectivity index (χ1v) is 12.9. The molecule has 0 spiro atoms. The molecular weight excluding hydrogens is 462 g/mol. The summed E-state index contributed by atoms with van der Waals surface area (Å²) in [5.41, 5.74) is 4.24. The number of hydrogen-bond donors (Lipinski definition) is 1. The van der Waals surface area contributed by atoms with Gasteiger partial charge in [-0.15, -0.1) is 0 Å². The van der Waals surface area contributed by atoms with Gasteiger partial charge in [-0.3, -0.25) is 9.45 Å². The quantitative estimate of drug-likeness (QED) is 0.387. The maximum atomic E-state index is 11.7. The van der Waals surface area contributed by atoms with Gasteiger partial charge in [0.25, 0.3) is 0 Å². The summed E-state index contributed by atoms with van der Waals surface area (Å²) in [5, 5.41) is -0.365. The fraction of sp³-hybridized carbons (Fsp3) is 0.222. The molecule has 0 aliphatic carbocycles. The van der Waals surface area contributed by atoms with Crippen molar-refractivity contribution >= 4 is 10.1 Å². The molecule has 3 aromatic carbocycles. The Morgan fingerprint density at radius 1 is 0.971 bits per heavy atom. The summed E-state index contributed by atoms with van der Waals surface area (Å²) < 4.78 is 40.7. The van der Waals surface area contributed by atoms with Gasteiger partial charge in [-0.05, 0) is 36.6 Å². The van der Waals surface area contributed by atoms with Crippen molar-refractivity contribution in [3.63, 3.8) is 0 Å². The van der Waals surface area contributed by atoms with Crippen LogP contribution >= 0.6 is 0 Å². The summed E-state index contributed by atoms with van der Waals surface area (Å²) in [6.45, 7) is 3.82. The van der Waals surface area contributed by atoms with Gasteiger partial charge >= 0.3 is 10.1 Å². The van der Waals surface area contributed by atoms with Crippen LogP contribution < -0.4 is 4.74 Å². The predicted molar refractivity (Wildman–Crippen MR) is 133 cm³/mol. The Morgan fingerprint density at radius 2 is 1.60 bits per heavy atom. The van der Waals surface area contributed by atoms with Gasteiger partial charge in [-0.1, -0.05) is 66.7 Å². The molecule has 5 rings (SSSR count). The summed E-state index contributed by atoms with van der Waals surface area (Å²) in [6, 6.07) is 26.6. The molecule has 0 radical (unpaired) electrons. The van der Waals surface area contributed by atoms with Gasteiger partial charge in [0.2, 0.25) is 5.03 Å². The largest absolute Gasteiger partial charge is 0.492 e. The number of imidazole rings is 1. The lowest BCUT2D eigenvalue weighted by Gasteiger charge is -2.36. The molecule has 0 saturated carbocycles. The van der Waals surface area contributed by atoms with E-state index in [1.54, 1.807) is 11.5 Å². The van der Waals surface area contributed by atoms with Crippen molar-refractivity contribution in [3.8, 4) is 11.4 Å². The van der Waals surface area contributed by atoms with Gasteiger partial charge in [-0.2, -0.15) is 8.42 Å². The second kappa shape index (κ2) is 9.65. The first-order chi connectivity index (χ1) is 16.9. The van der Waals surface area contributed by atoms with Crippen LogP contribution in [0.3, 0.4) is 0 Å². The molecule has 4 aromatic rings. The molecule has 1 aliphatic heterocycles. The second-order valence-corrected chi connectivity index (χ2v) is 10.1. The predicted octanol–water partition coefficient (Wildman–Crippen LogP) is 4.43. The lowest BCUT2D eigenvalue weighted by atomic mass is 9.98. The third kappa shape index (κ3) is 5.14. The molecule has 1 N–H and O–H groups in total. The third-order valence-corrected chi connectivity index (χ3v) is 7.06. The topological polar surface area (TPSA) is 84.7 Å². The Bertz CT molecular complexity index is 1380. The van der Waals surface area contributed by atoms with Crippen LogP contribution in [0.4, 0.5) is 0 Å². The third-order valence-electron chi connectivity index (χ3n) is 6.34. The van der Waals surface area contributed by atoms with Crippen molar-refractivity contribution in [2.24, 2.45) is 0 Å². The summed E-state index contributed by atoms with van der Waals surface area (Å²) in [7, 11) is -4.40. The molecule has 1 aliphatic rings. The van der Waals surface area contributed by atoms with Gasteiger partial charge in [0.1, 0.15) is 18.2 Å². The van der Waals surface area contributed by atoms with Crippen LogP contribution in [0.15, 0.2) is 90.1 Å². The van der Waals surface area contributed by atoms with Gasteiger partial charge < -0.3 is 9.30 Å². The molecular formula is C27H27N3O4S. The SMILES string of the molecule is Cc1nc(S(=O)(=O)O)cn1-c1cccc2c1C[C@H](N(Cc1ccccc1)Cc1ccccc1)CO2. The first-order valence-electron chi connectivity index (χ1n) is 11.5. The summed E-state index contributed by atoms with van der Waals surface area (Å²) in [6.07, 6.45) is 2.08. The highest BCUT2D eigenvalue weighted by atomic mass is 32.2. The maximum Gasteiger partial charge on any atom is 0.313 e. The number of hydrogen-bond acceptors (Lipinski definition) is 5. The van der Waals surface area contributed by atoms with Crippen LogP contribution in [0.2, 0.25) is 0 Å². The monoisotopic (exact) mass is 489 g/mol. The number of rotatable bonds is 7. The maximum absolute atomic E-state index is 11.7. The molecule has 180 valence electrons. The molecule has 0 amide bonds. The van der Waals surface area contributed by atoms with E-state index in [0.717, 1.165) is 36.5 Å². The standard InChI is InChI=1S/C27H27N3O4S/c1-20-28-27(35(31,32)33)18-30(20)25-13-8-14-26-24(25)15-23(19-34-26)29(16-21-9-4-2-5-10-21)17-22-11-6-3-7-12-22/h2-14,18,23H,15-17,19H2,1H3,(H,31,32,33)/t23-/m0/s1. The molecule has 0 saturated heterocycles. The zero-order chi connectivity index (χ0) is 24.4. The second-order valence-electron chi connectivity index (χ2n) is 8.77. The smallest absolute Gasteiger partial charge is 0.313 e. The normalized spacial score (nSPS) is 15.6. The van der Waals surface area contributed by atoms with Crippen molar-refractivity contribution in [1.29, 1.82) is 0 Å². The van der Waals surface area contributed by atoms with Crippen molar-refractivity contribution < 1.29 is 17.7 Å². The van der Waals surface area contributed by atoms with E-state index in [1.807, 2.05) is 30.3 Å². The van der Waals surface area contributed by atoms with E-state index in [1.165, 1.54) is 17.3 Å². The fourth-order valence-corrected chi connectivity index (χ4v) is 5.09. The van der Waals surface area contributed by atoms with Crippen LogP contribution in [0, 0.1) is 6.92 Å². The van der Waals surface area contributed by atoms with Crippen LogP contribution in [0.1, 0.15) is 22.5 Å². The Labute approximate surface area is 205 Å². The van der Waals surface area contributed by atoms with E-state index in [-0.39, 0.29) is 11.1 Å². The van der Waals surface area contributed by atoms with Crippen molar-refractivity contribution in [2.75, 3.05) is 6.61 Å².